The highest BCUT2D eigenvalue weighted by Crippen LogP contribution is 2.67. The van der Waals surface area contributed by atoms with Crippen molar-refractivity contribution in [1.29, 1.82) is 0 Å². The van der Waals surface area contributed by atoms with Gasteiger partial charge in [-0.1, -0.05) is 80.1 Å². The molecule has 3 aromatic rings. The van der Waals surface area contributed by atoms with Gasteiger partial charge in [0.15, 0.2) is 11.5 Å². The van der Waals surface area contributed by atoms with Gasteiger partial charge in [-0.3, -0.25) is 14.5 Å². The monoisotopic (exact) mass is 648 g/mol. The summed E-state index contributed by atoms with van der Waals surface area (Å²) < 4.78 is 19.8. The normalized spacial score (nSPS) is 27.0. The maximum Gasteiger partial charge on any atom is 0.303 e. The lowest BCUT2D eigenvalue weighted by atomic mass is 9.48. The van der Waals surface area contributed by atoms with Crippen LogP contribution < -0.4 is 9.47 Å². The minimum atomic E-state index is -0.788. The number of ether oxygens (including phenoxy) is 3. The average molecular weight is 649 g/mol. The zero-order valence-electron chi connectivity index (χ0n) is 28.9. The lowest BCUT2D eigenvalue weighted by Gasteiger charge is -2.65. The molecule has 2 heterocycles. The van der Waals surface area contributed by atoms with E-state index >= 15 is 0 Å². The fraction of sp³-hybridized carbons (Fsp3) is 0.463. The first-order valence-corrected chi connectivity index (χ1v) is 17.6. The van der Waals surface area contributed by atoms with E-state index in [1.165, 1.54) is 11.1 Å². The zero-order chi connectivity index (χ0) is 33.6. The number of methoxy groups -OCH3 is 1. The molecule has 7 heteroatoms. The molecule has 2 aliphatic heterocycles. The lowest BCUT2D eigenvalue weighted by Crippen LogP contribution is -2.79. The van der Waals surface area contributed by atoms with Crippen molar-refractivity contribution in [3.8, 4) is 11.5 Å². The third-order valence-corrected chi connectivity index (χ3v) is 11.3. The molecule has 1 spiro atoms. The van der Waals surface area contributed by atoms with Crippen molar-refractivity contribution < 1.29 is 23.8 Å². The Bertz CT molecular complexity index is 1720. The highest BCUT2D eigenvalue weighted by atomic mass is 16.6. The number of benzene rings is 3. The number of piperidine rings is 1. The van der Waals surface area contributed by atoms with Gasteiger partial charge in [0.2, 0.25) is 5.91 Å². The highest BCUT2D eigenvalue weighted by molar-refractivity contribution is 5.92. The number of nitrogens with zero attached hydrogens (tertiary/aromatic N) is 2. The minimum absolute atomic E-state index is 0.00627. The first kappa shape index (κ1) is 32.4. The van der Waals surface area contributed by atoms with Crippen LogP contribution in [0.25, 0.3) is 6.08 Å². The number of esters is 1. The number of hydrogen-bond acceptors (Lipinski definition) is 6. The van der Waals surface area contributed by atoms with Gasteiger partial charge >= 0.3 is 5.97 Å². The summed E-state index contributed by atoms with van der Waals surface area (Å²) >= 11 is 0. The molecule has 2 fully saturated rings. The van der Waals surface area contributed by atoms with E-state index in [0.29, 0.717) is 25.1 Å². The van der Waals surface area contributed by atoms with E-state index in [1.54, 1.807) is 20.1 Å². The Hall–Kier alpha value is -4.10. The zero-order valence-corrected chi connectivity index (χ0v) is 28.9. The first-order chi connectivity index (χ1) is 23.2. The van der Waals surface area contributed by atoms with Crippen LogP contribution >= 0.6 is 0 Å². The molecule has 0 aromatic heterocycles. The molecule has 1 saturated carbocycles. The second kappa shape index (κ2) is 12.7. The Morgan fingerprint density at radius 1 is 1.08 bits per heavy atom. The summed E-state index contributed by atoms with van der Waals surface area (Å²) in [6.45, 7) is 10.2. The summed E-state index contributed by atoms with van der Waals surface area (Å²) in [6.07, 6.45) is 7.03. The van der Waals surface area contributed by atoms with Crippen molar-refractivity contribution in [3.63, 3.8) is 0 Å². The van der Waals surface area contributed by atoms with Gasteiger partial charge in [-0.05, 0) is 80.3 Å². The Labute approximate surface area is 284 Å². The van der Waals surface area contributed by atoms with Crippen LogP contribution in [0.5, 0.6) is 11.5 Å². The number of aryl methyl sites for hydroxylation is 1. The molecule has 1 saturated heterocycles. The van der Waals surface area contributed by atoms with Gasteiger partial charge in [-0.2, -0.15) is 0 Å². The van der Waals surface area contributed by atoms with Crippen LogP contribution in [-0.2, 0) is 32.6 Å². The number of rotatable bonds is 10. The molecule has 5 atom stereocenters. The number of amides is 1. The third-order valence-electron chi connectivity index (χ3n) is 11.3. The van der Waals surface area contributed by atoms with Crippen molar-refractivity contribution in [2.75, 3.05) is 26.7 Å². The van der Waals surface area contributed by atoms with Gasteiger partial charge in [0.05, 0.1) is 24.6 Å². The number of carbonyl (C=O) groups excluding carboxylic acids is 2. The highest BCUT2D eigenvalue weighted by Gasteiger charge is 2.75. The van der Waals surface area contributed by atoms with Crippen LogP contribution in [0.15, 0.2) is 72.8 Å². The van der Waals surface area contributed by atoms with Gasteiger partial charge in [-0.15, -0.1) is 0 Å². The summed E-state index contributed by atoms with van der Waals surface area (Å²) in [5, 5.41) is 0. The van der Waals surface area contributed by atoms with Crippen molar-refractivity contribution in [3.05, 3.63) is 101 Å². The quantitative estimate of drug-likeness (QED) is 0.184. The molecule has 1 amide bonds. The van der Waals surface area contributed by atoms with E-state index in [2.05, 4.69) is 74.2 Å². The van der Waals surface area contributed by atoms with Crippen LogP contribution in [0, 0.1) is 12.8 Å². The molecule has 48 heavy (non-hydrogen) atoms. The fourth-order valence-corrected chi connectivity index (χ4v) is 9.51. The van der Waals surface area contributed by atoms with E-state index in [9.17, 15) is 9.59 Å². The lowest BCUT2D eigenvalue weighted by molar-refractivity contribution is -0.224. The molecule has 0 N–H and O–H groups in total. The molecule has 7 rings (SSSR count). The van der Waals surface area contributed by atoms with Gasteiger partial charge in [0, 0.05) is 31.7 Å². The van der Waals surface area contributed by atoms with E-state index in [-0.39, 0.29) is 36.0 Å². The Balaban J connectivity index is 1.31. The molecular weight excluding hydrogens is 600 g/mol. The van der Waals surface area contributed by atoms with Crippen molar-refractivity contribution >= 4 is 18.0 Å². The molecule has 2 unspecified atom stereocenters. The first-order valence-electron chi connectivity index (χ1n) is 17.6. The standard InChI is InChI=1S/C41H48N2O5/c1-27(2)26-43(36(45)17-14-31-13-9-10-28(3)24-31)33-18-20-41(48-29(4)44)35-25-32-15-16-34(46-5)38-37(32)40(41,39(33)47-38)21-23-42(35)22-19-30-11-7-6-8-12-30/h6-17,24,27,33,35,39H,18-23,25-26H2,1-5H3/b17-14+/t33?,35-,39?,40+,41-/m1/s1. The molecule has 2 aliphatic carbocycles. The maximum absolute atomic E-state index is 14.2. The second-order valence-electron chi connectivity index (χ2n) is 14.6. The van der Waals surface area contributed by atoms with E-state index in [0.717, 1.165) is 54.8 Å². The SMILES string of the molecule is COc1ccc2c3c1OC1C(N(CC(C)C)C(=O)/C=C/c4cccc(C)c4)CC[C@@]4(OC(C)=O)[C@@H](C2)N(CCc2ccccc2)CC[C@]314. The minimum Gasteiger partial charge on any atom is -0.493 e. The summed E-state index contributed by atoms with van der Waals surface area (Å²) in [5.41, 5.74) is 4.42. The van der Waals surface area contributed by atoms with Crippen molar-refractivity contribution in [2.24, 2.45) is 5.92 Å². The smallest absolute Gasteiger partial charge is 0.303 e. The largest absolute Gasteiger partial charge is 0.493 e. The molecule has 0 radical (unpaired) electrons. The maximum atomic E-state index is 14.2. The van der Waals surface area contributed by atoms with Gasteiger partial charge in [-0.25, -0.2) is 0 Å². The Morgan fingerprint density at radius 3 is 2.62 bits per heavy atom. The Morgan fingerprint density at radius 2 is 1.90 bits per heavy atom. The van der Waals surface area contributed by atoms with Crippen LogP contribution in [0.4, 0.5) is 0 Å². The Kier molecular flexibility index (Phi) is 8.61. The van der Waals surface area contributed by atoms with Crippen LogP contribution in [0.3, 0.4) is 0 Å². The predicted molar refractivity (Wildman–Crippen MR) is 187 cm³/mol. The molecule has 4 aliphatic rings. The second-order valence-corrected chi connectivity index (χ2v) is 14.6. The van der Waals surface area contributed by atoms with Crippen LogP contribution in [-0.4, -0.2) is 72.2 Å². The van der Waals surface area contributed by atoms with Gasteiger partial charge in [0.1, 0.15) is 11.7 Å². The van der Waals surface area contributed by atoms with Gasteiger partial charge < -0.3 is 19.1 Å². The molecule has 2 bridgehead atoms. The van der Waals surface area contributed by atoms with E-state index < -0.39 is 11.0 Å². The summed E-state index contributed by atoms with van der Waals surface area (Å²) in [4.78, 5) is 32.0. The summed E-state index contributed by atoms with van der Waals surface area (Å²) in [7, 11) is 1.68. The third kappa shape index (κ3) is 5.31. The average Bonchev–Trinajstić information content (AvgIpc) is 3.41. The van der Waals surface area contributed by atoms with E-state index in [4.69, 9.17) is 14.2 Å². The molecule has 3 aromatic carbocycles. The molecule has 7 nitrogen and oxygen atoms in total. The van der Waals surface area contributed by atoms with E-state index in [1.807, 2.05) is 29.2 Å². The number of carbonyl (C=O) groups is 2. The predicted octanol–water partition coefficient (Wildman–Crippen LogP) is 6.54. The van der Waals surface area contributed by atoms with Gasteiger partial charge in [0.25, 0.3) is 0 Å². The topological polar surface area (TPSA) is 68.3 Å². The van der Waals surface area contributed by atoms with Crippen LogP contribution in [0.1, 0.15) is 67.9 Å². The molecule has 252 valence electrons. The number of hydrogen-bond donors (Lipinski definition) is 0. The van der Waals surface area contributed by atoms with Crippen LogP contribution in [0.2, 0.25) is 0 Å². The number of likely N-dealkylation sites (tertiary alicyclic amines) is 1. The summed E-state index contributed by atoms with van der Waals surface area (Å²) in [6, 6.07) is 22.8. The van der Waals surface area contributed by atoms with Crippen molar-refractivity contribution in [1.82, 2.24) is 9.80 Å². The summed E-state index contributed by atoms with van der Waals surface area (Å²) in [5.74, 6) is 1.42. The molecular formula is C41H48N2O5. The van der Waals surface area contributed by atoms with Crippen molar-refractivity contribution in [2.45, 2.75) is 89.0 Å². The fourth-order valence-electron chi connectivity index (χ4n) is 9.51.